The number of hydrogen-bond acceptors (Lipinski definition) is 3. The predicted molar refractivity (Wildman–Crippen MR) is 190 cm³/mol. The van der Waals surface area contributed by atoms with E-state index in [-0.39, 0.29) is 5.37 Å². The van der Waals surface area contributed by atoms with Crippen LogP contribution >= 0.6 is 11.8 Å². The molecule has 0 amide bonds. The predicted octanol–water partition coefficient (Wildman–Crippen LogP) is 11.7. The molecule has 10 rings (SSSR count). The van der Waals surface area contributed by atoms with Crippen LogP contribution in [0.2, 0.25) is 0 Å². The molecule has 45 heavy (non-hydrogen) atoms. The van der Waals surface area contributed by atoms with E-state index >= 15 is 0 Å². The largest absolute Gasteiger partial charge is 0.456 e. The Bertz CT molecular complexity index is 2600. The van der Waals surface area contributed by atoms with Crippen molar-refractivity contribution in [2.24, 2.45) is 0 Å². The summed E-state index contributed by atoms with van der Waals surface area (Å²) in [5, 5.41) is 11.3. The Morgan fingerprint density at radius 1 is 0.556 bits per heavy atom. The van der Waals surface area contributed by atoms with E-state index in [9.17, 15) is 0 Å². The van der Waals surface area contributed by atoms with Gasteiger partial charge in [0, 0.05) is 26.7 Å². The normalized spacial score (nSPS) is 14.5. The van der Waals surface area contributed by atoms with Gasteiger partial charge in [0.25, 0.3) is 0 Å². The third kappa shape index (κ3) is 3.79. The Hall–Kier alpha value is -5.45. The first kappa shape index (κ1) is 24.9. The zero-order valence-corrected chi connectivity index (χ0v) is 25.0. The maximum Gasteiger partial charge on any atom is 0.137 e. The van der Waals surface area contributed by atoms with Crippen LogP contribution in [-0.4, -0.2) is 4.57 Å². The summed E-state index contributed by atoms with van der Waals surface area (Å²) in [4.78, 5) is 1.25. The van der Waals surface area contributed by atoms with Crippen molar-refractivity contribution in [1.29, 1.82) is 0 Å². The van der Waals surface area contributed by atoms with Crippen LogP contribution in [0.1, 0.15) is 10.9 Å². The molecule has 0 saturated carbocycles. The van der Waals surface area contributed by atoms with E-state index < -0.39 is 0 Å². The van der Waals surface area contributed by atoms with Crippen LogP contribution in [0.5, 0.6) is 0 Å². The molecule has 7 aromatic carbocycles. The number of benzene rings is 7. The summed E-state index contributed by atoms with van der Waals surface area (Å²) in [6, 6.07) is 52.4. The lowest BCUT2D eigenvalue weighted by Gasteiger charge is -2.13. The smallest absolute Gasteiger partial charge is 0.137 e. The Morgan fingerprint density at radius 2 is 1.33 bits per heavy atom. The fraction of sp³-hybridized carbons (Fsp3) is 0.0244. The number of rotatable bonds is 3. The average molecular weight is 595 g/mol. The number of para-hydroxylation sites is 1. The van der Waals surface area contributed by atoms with Gasteiger partial charge in [-0.3, -0.25) is 0 Å². The highest BCUT2D eigenvalue weighted by atomic mass is 32.2. The van der Waals surface area contributed by atoms with Crippen LogP contribution in [0, 0.1) is 0 Å². The topological polar surface area (TPSA) is 30.1 Å². The van der Waals surface area contributed by atoms with Gasteiger partial charge >= 0.3 is 0 Å². The van der Waals surface area contributed by atoms with Gasteiger partial charge in [-0.05, 0) is 82.1 Å². The van der Waals surface area contributed by atoms with Crippen LogP contribution in [0.15, 0.2) is 155 Å². The minimum absolute atomic E-state index is 0.121. The number of fused-ring (bicyclic) bond motifs is 9. The Balaban J connectivity index is 1.03. The van der Waals surface area contributed by atoms with Gasteiger partial charge < -0.3 is 14.3 Å². The summed E-state index contributed by atoms with van der Waals surface area (Å²) in [6.07, 6.45) is 0. The highest BCUT2D eigenvalue weighted by molar-refractivity contribution is 8.00. The van der Waals surface area contributed by atoms with Crippen molar-refractivity contribution < 1.29 is 4.42 Å². The number of nitrogens with zero attached hydrogens (tertiary/aromatic N) is 1. The Labute approximate surface area is 263 Å². The lowest BCUT2D eigenvalue weighted by molar-refractivity contribution is 0.669. The lowest BCUT2D eigenvalue weighted by Crippen LogP contribution is -2.02. The summed E-state index contributed by atoms with van der Waals surface area (Å²) in [6.45, 7) is 0. The van der Waals surface area contributed by atoms with Crippen LogP contribution in [0.3, 0.4) is 0 Å². The van der Waals surface area contributed by atoms with Crippen LogP contribution in [-0.2, 0) is 0 Å². The lowest BCUT2D eigenvalue weighted by atomic mass is 10.0. The van der Waals surface area contributed by atoms with Gasteiger partial charge in [0.15, 0.2) is 0 Å². The number of nitrogens with one attached hydrogen (secondary N) is 1. The molecule has 0 spiro atoms. The molecule has 1 atom stereocenters. The molecule has 0 fully saturated rings. The summed E-state index contributed by atoms with van der Waals surface area (Å²) in [5.41, 5.74) is 10.2. The molecule has 0 aliphatic carbocycles. The highest BCUT2D eigenvalue weighted by Gasteiger charge is 2.27. The van der Waals surface area contributed by atoms with Crippen molar-refractivity contribution in [2.45, 2.75) is 10.3 Å². The molecule has 1 aliphatic heterocycles. The first-order chi connectivity index (χ1) is 22.3. The summed E-state index contributed by atoms with van der Waals surface area (Å²) in [7, 11) is 0. The summed E-state index contributed by atoms with van der Waals surface area (Å²) in [5.74, 6) is 0. The highest BCUT2D eigenvalue weighted by Crippen LogP contribution is 2.51. The molecular formula is C41H26N2OS. The van der Waals surface area contributed by atoms with E-state index in [1.165, 1.54) is 48.6 Å². The van der Waals surface area contributed by atoms with Gasteiger partial charge in [0.2, 0.25) is 0 Å². The number of hydrogen-bond donors (Lipinski definition) is 1. The fourth-order valence-electron chi connectivity index (χ4n) is 7.07. The molecule has 3 nitrogen and oxygen atoms in total. The minimum Gasteiger partial charge on any atom is -0.456 e. The zero-order valence-electron chi connectivity index (χ0n) is 24.2. The second-order valence-electron chi connectivity index (χ2n) is 11.8. The second-order valence-corrected chi connectivity index (χ2v) is 12.9. The Kier molecular flexibility index (Phi) is 5.28. The van der Waals surface area contributed by atoms with E-state index in [0.717, 1.165) is 38.9 Å². The maximum absolute atomic E-state index is 6.38. The average Bonchev–Trinajstić information content (AvgIpc) is 3.79. The molecule has 0 saturated heterocycles. The van der Waals surface area contributed by atoms with E-state index in [0.29, 0.717) is 0 Å². The third-order valence-corrected chi connectivity index (χ3v) is 10.4. The van der Waals surface area contributed by atoms with Crippen molar-refractivity contribution in [3.63, 3.8) is 0 Å². The molecular weight excluding hydrogens is 569 g/mol. The van der Waals surface area contributed by atoms with E-state index in [4.69, 9.17) is 4.42 Å². The van der Waals surface area contributed by atoms with Crippen molar-refractivity contribution >= 4 is 72.0 Å². The molecule has 0 bridgehead atoms. The maximum atomic E-state index is 6.38. The molecule has 3 heterocycles. The van der Waals surface area contributed by atoms with E-state index in [1.54, 1.807) is 0 Å². The molecule has 212 valence electrons. The fourth-order valence-corrected chi connectivity index (χ4v) is 8.22. The number of furan rings is 1. The van der Waals surface area contributed by atoms with Crippen LogP contribution in [0.4, 0.5) is 5.69 Å². The minimum atomic E-state index is 0.121. The quantitative estimate of drug-likeness (QED) is 0.221. The monoisotopic (exact) mass is 594 g/mol. The molecule has 1 N–H and O–H groups in total. The molecule has 0 radical (unpaired) electrons. The molecule has 2 aromatic heterocycles. The van der Waals surface area contributed by atoms with Crippen molar-refractivity contribution in [3.05, 3.63) is 151 Å². The van der Waals surface area contributed by atoms with Crippen LogP contribution < -0.4 is 5.32 Å². The van der Waals surface area contributed by atoms with Gasteiger partial charge in [0.05, 0.1) is 22.1 Å². The molecule has 9 aromatic rings. The first-order valence-corrected chi connectivity index (χ1v) is 16.2. The zero-order chi connectivity index (χ0) is 29.5. The van der Waals surface area contributed by atoms with Crippen molar-refractivity contribution in [3.8, 4) is 16.8 Å². The third-order valence-electron chi connectivity index (χ3n) is 9.22. The SMILES string of the molecule is c1ccc(-c2ccc3c(c2)oc2ccc4c(c23)NC(c2ccc(-n3c5ccccc5c5cc6ccccc6cc53)cc2)S4)cc1. The van der Waals surface area contributed by atoms with E-state index in [1.807, 2.05) is 17.8 Å². The van der Waals surface area contributed by atoms with Gasteiger partial charge in [-0.1, -0.05) is 103 Å². The molecule has 4 heteroatoms. The van der Waals surface area contributed by atoms with Gasteiger partial charge in [-0.15, -0.1) is 0 Å². The van der Waals surface area contributed by atoms with Crippen molar-refractivity contribution in [1.82, 2.24) is 4.57 Å². The van der Waals surface area contributed by atoms with Crippen molar-refractivity contribution in [2.75, 3.05) is 5.32 Å². The number of thioether (sulfide) groups is 1. The molecule has 1 aliphatic rings. The Morgan fingerprint density at radius 3 is 2.20 bits per heavy atom. The van der Waals surface area contributed by atoms with Gasteiger partial charge in [-0.25, -0.2) is 0 Å². The standard InChI is InChI=1S/C41H26N2OS/c1-2-8-25(9-3-1)29-16-19-32-37(24-29)44-36-20-21-38-40(39(32)36)42-41(45-38)26-14-17-30(18-15-26)43-34-13-7-6-12-31(34)33-22-27-10-4-5-11-28(27)23-35(33)43/h1-24,41-42H. The van der Waals surface area contributed by atoms with E-state index in [2.05, 4.69) is 149 Å². The summed E-state index contributed by atoms with van der Waals surface area (Å²) >= 11 is 1.87. The molecule has 1 unspecified atom stereocenters. The van der Waals surface area contributed by atoms with Gasteiger partial charge in [0.1, 0.15) is 16.5 Å². The van der Waals surface area contributed by atoms with Gasteiger partial charge in [-0.2, -0.15) is 0 Å². The first-order valence-electron chi connectivity index (χ1n) is 15.3. The number of anilines is 1. The summed E-state index contributed by atoms with van der Waals surface area (Å²) < 4.78 is 8.78. The van der Waals surface area contributed by atoms with Crippen LogP contribution in [0.25, 0.3) is 71.3 Å². The second kappa shape index (κ2) is 9.52. The number of aromatic nitrogens is 1.